The van der Waals surface area contributed by atoms with Crippen LogP contribution in [-0.4, -0.2) is 21.3 Å². The van der Waals surface area contributed by atoms with Gasteiger partial charge in [0.25, 0.3) is 0 Å². The average molecular weight is 286 g/mol. The standard InChI is InChI=1S/C11H14N2O5S/c1-7-17-10(6-16-19(13,14)15)11(18-7)8-4-2-3-5-9(8)12/h2-5,7H,6,12H2,1H3,(H2,13,14,15). The highest BCUT2D eigenvalue weighted by Crippen LogP contribution is 2.33. The maximum absolute atomic E-state index is 10.8. The molecule has 1 aromatic carbocycles. The Morgan fingerprint density at radius 1 is 1.32 bits per heavy atom. The molecule has 0 amide bonds. The van der Waals surface area contributed by atoms with Crippen molar-refractivity contribution in [3.8, 4) is 0 Å². The molecule has 1 heterocycles. The van der Waals surface area contributed by atoms with Gasteiger partial charge < -0.3 is 15.2 Å². The van der Waals surface area contributed by atoms with Crippen LogP contribution >= 0.6 is 0 Å². The minimum atomic E-state index is -4.05. The molecule has 1 aliphatic heterocycles. The highest BCUT2D eigenvalue weighted by Gasteiger charge is 2.27. The van der Waals surface area contributed by atoms with Gasteiger partial charge in [-0.2, -0.15) is 8.42 Å². The molecule has 7 nitrogen and oxygen atoms in total. The first-order valence-corrected chi connectivity index (χ1v) is 6.92. The number of para-hydroxylation sites is 1. The number of benzene rings is 1. The summed E-state index contributed by atoms with van der Waals surface area (Å²) in [6, 6.07) is 7.00. The topological polar surface area (TPSA) is 114 Å². The van der Waals surface area contributed by atoms with Gasteiger partial charge >= 0.3 is 10.3 Å². The van der Waals surface area contributed by atoms with Crippen LogP contribution in [0.1, 0.15) is 12.5 Å². The molecule has 1 atom stereocenters. The monoisotopic (exact) mass is 286 g/mol. The summed E-state index contributed by atoms with van der Waals surface area (Å²) in [4.78, 5) is 0. The minimum Gasteiger partial charge on any atom is -0.453 e. The summed E-state index contributed by atoms with van der Waals surface area (Å²) in [5.74, 6) is 0.591. The molecule has 2 rings (SSSR count). The van der Waals surface area contributed by atoms with Crippen LogP contribution in [0.4, 0.5) is 5.69 Å². The first-order valence-electron chi connectivity index (χ1n) is 5.45. The number of hydrogen-bond donors (Lipinski definition) is 2. The van der Waals surface area contributed by atoms with E-state index in [4.69, 9.17) is 20.3 Å². The van der Waals surface area contributed by atoms with Crippen molar-refractivity contribution in [2.24, 2.45) is 5.14 Å². The van der Waals surface area contributed by atoms with E-state index in [0.29, 0.717) is 17.0 Å². The van der Waals surface area contributed by atoms with E-state index in [2.05, 4.69) is 4.18 Å². The van der Waals surface area contributed by atoms with Crippen LogP contribution in [0, 0.1) is 0 Å². The van der Waals surface area contributed by atoms with E-state index in [1.807, 2.05) is 0 Å². The van der Waals surface area contributed by atoms with Crippen LogP contribution in [0.5, 0.6) is 0 Å². The predicted octanol–water partition coefficient (Wildman–Crippen LogP) is 0.550. The lowest BCUT2D eigenvalue weighted by molar-refractivity contribution is -0.0141. The molecule has 0 radical (unpaired) electrons. The van der Waals surface area contributed by atoms with Crippen LogP contribution < -0.4 is 10.9 Å². The molecule has 0 fully saturated rings. The fraction of sp³-hybridized carbons (Fsp3) is 0.273. The Morgan fingerprint density at radius 3 is 2.63 bits per heavy atom. The largest absolute Gasteiger partial charge is 0.453 e. The Morgan fingerprint density at radius 2 is 2.00 bits per heavy atom. The van der Waals surface area contributed by atoms with Gasteiger partial charge in [0.05, 0.1) is 0 Å². The molecule has 4 N–H and O–H groups in total. The van der Waals surface area contributed by atoms with Gasteiger partial charge in [0.2, 0.25) is 6.29 Å². The van der Waals surface area contributed by atoms with E-state index < -0.39 is 16.6 Å². The number of nitrogens with two attached hydrogens (primary N) is 2. The Balaban J connectivity index is 2.31. The zero-order chi connectivity index (χ0) is 14.0. The van der Waals surface area contributed by atoms with Gasteiger partial charge in [-0.1, -0.05) is 12.1 Å². The highest BCUT2D eigenvalue weighted by atomic mass is 32.2. The van der Waals surface area contributed by atoms with Crippen molar-refractivity contribution in [2.45, 2.75) is 13.2 Å². The van der Waals surface area contributed by atoms with Crippen LogP contribution in [0.15, 0.2) is 30.0 Å². The van der Waals surface area contributed by atoms with Crippen LogP contribution in [0.25, 0.3) is 5.76 Å². The number of rotatable bonds is 4. The van der Waals surface area contributed by atoms with Crippen molar-refractivity contribution < 1.29 is 22.1 Å². The average Bonchev–Trinajstić information content (AvgIpc) is 2.67. The zero-order valence-corrected chi connectivity index (χ0v) is 11.0. The Kier molecular flexibility index (Phi) is 3.65. The molecule has 104 valence electrons. The second-order valence-electron chi connectivity index (χ2n) is 3.90. The summed E-state index contributed by atoms with van der Waals surface area (Å²) in [7, 11) is -4.05. The predicted molar refractivity (Wildman–Crippen MR) is 68.5 cm³/mol. The maximum atomic E-state index is 10.8. The summed E-state index contributed by atoms with van der Waals surface area (Å²) in [5, 5.41) is 4.77. The molecule has 0 saturated heterocycles. The third-order valence-electron chi connectivity index (χ3n) is 2.40. The molecule has 0 saturated carbocycles. The van der Waals surface area contributed by atoms with Crippen LogP contribution in [0.2, 0.25) is 0 Å². The summed E-state index contributed by atoms with van der Waals surface area (Å²) in [6.45, 7) is 1.33. The first-order chi connectivity index (χ1) is 8.87. The molecule has 0 bridgehead atoms. The van der Waals surface area contributed by atoms with Gasteiger partial charge in [0.15, 0.2) is 11.5 Å². The van der Waals surface area contributed by atoms with Gasteiger partial charge in [0.1, 0.15) is 6.61 Å². The van der Waals surface area contributed by atoms with Gasteiger partial charge in [-0.05, 0) is 12.1 Å². The van der Waals surface area contributed by atoms with Crippen molar-refractivity contribution in [1.29, 1.82) is 0 Å². The van der Waals surface area contributed by atoms with Gasteiger partial charge in [-0.3, -0.25) is 0 Å². The normalized spacial score (nSPS) is 19.2. The smallest absolute Gasteiger partial charge is 0.333 e. The zero-order valence-electron chi connectivity index (χ0n) is 10.2. The second-order valence-corrected chi connectivity index (χ2v) is 5.12. The Bertz CT molecular complexity index is 611. The molecule has 0 spiro atoms. The third kappa shape index (κ3) is 3.37. The molecule has 19 heavy (non-hydrogen) atoms. The molecular weight excluding hydrogens is 272 g/mol. The Labute approximate surface area is 111 Å². The van der Waals surface area contributed by atoms with Crippen LogP contribution in [0.3, 0.4) is 0 Å². The molecule has 1 aromatic rings. The van der Waals surface area contributed by atoms with Crippen molar-refractivity contribution >= 4 is 21.8 Å². The van der Waals surface area contributed by atoms with E-state index in [0.717, 1.165) is 0 Å². The van der Waals surface area contributed by atoms with Gasteiger partial charge in [-0.15, -0.1) is 0 Å². The van der Waals surface area contributed by atoms with E-state index in [1.54, 1.807) is 31.2 Å². The van der Waals surface area contributed by atoms with Gasteiger partial charge in [-0.25, -0.2) is 9.32 Å². The van der Waals surface area contributed by atoms with Crippen LogP contribution in [-0.2, 0) is 24.0 Å². The fourth-order valence-corrected chi connectivity index (χ4v) is 1.93. The summed E-state index contributed by atoms with van der Waals surface area (Å²) in [5.41, 5.74) is 6.94. The quantitative estimate of drug-likeness (QED) is 0.781. The lowest BCUT2D eigenvalue weighted by Crippen LogP contribution is -2.18. The first kappa shape index (κ1) is 13.7. The SMILES string of the molecule is CC1OC(COS(N)(=O)=O)=C(c2ccccc2N)O1. The molecule has 0 aliphatic carbocycles. The highest BCUT2D eigenvalue weighted by molar-refractivity contribution is 7.84. The summed E-state index contributed by atoms with van der Waals surface area (Å²) < 4.78 is 36.9. The third-order valence-corrected chi connectivity index (χ3v) is 2.85. The number of ether oxygens (including phenoxy) is 2. The number of hydrogen-bond acceptors (Lipinski definition) is 6. The number of anilines is 1. The van der Waals surface area contributed by atoms with Crippen molar-refractivity contribution in [2.75, 3.05) is 12.3 Å². The van der Waals surface area contributed by atoms with Gasteiger partial charge in [0, 0.05) is 18.2 Å². The van der Waals surface area contributed by atoms with E-state index >= 15 is 0 Å². The maximum Gasteiger partial charge on any atom is 0.333 e. The molecule has 0 aromatic heterocycles. The van der Waals surface area contributed by atoms with Crippen molar-refractivity contribution in [3.05, 3.63) is 35.6 Å². The van der Waals surface area contributed by atoms with E-state index in [1.165, 1.54) is 0 Å². The van der Waals surface area contributed by atoms with E-state index in [-0.39, 0.29) is 12.4 Å². The second kappa shape index (κ2) is 5.08. The molecule has 1 unspecified atom stereocenters. The fourth-order valence-electron chi connectivity index (χ4n) is 1.66. The number of nitrogen functional groups attached to an aromatic ring is 1. The lowest BCUT2D eigenvalue weighted by atomic mass is 10.1. The van der Waals surface area contributed by atoms with E-state index in [9.17, 15) is 8.42 Å². The van der Waals surface area contributed by atoms with Crippen molar-refractivity contribution in [3.63, 3.8) is 0 Å². The molecule has 8 heteroatoms. The summed E-state index contributed by atoms with van der Waals surface area (Å²) in [6.07, 6.45) is -0.548. The minimum absolute atomic E-state index is 0.236. The molecule has 1 aliphatic rings. The molecular formula is C11H14N2O5S. The summed E-state index contributed by atoms with van der Waals surface area (Å²) >= 11 is 0. The Hall–Kier alpha value is -1.77. The van der Waals surface area contributed by atoms with Crippen molar-refractivity contribution in [1.82, 2.24) is 0 Å². The lowest BCUT2D eigenvalue weighted by Gasteiger charge is -2.07.